The highest BCUT2D eigenvalue weighted by molar-refractivity contribution is 7.94. The minimum atomic E-state index is -3.88. The van der Waals surface area contributed by atoms with E-state index in [0.717, 1.165) is 10.4 Å². The number of benzene rings is 1. The molecule has 1 heterocycles. The van der Waals surface area contributed by atoms with Crippen LogP contribution in [0, 0.1) is 12.7 Å². The van der Waals surface area contributed by atoms with Gasteiger partial charge in [-0.1, -0.05) is 17.4 Å². The molecule has 1 aromatic heterocycles. The van der Waals surface area contributed by atoms with Crippen molar-refractivity contribution in [3.63, 3.8) is 0 Å². The number of hydrogen-bond donors (Lipinski definition) is 1. The molecule has 8 heteroatoms. The fourth-order valence-electron chi connectivity index (χ4n) is 1.86. The zero-order valence-corrected chi connectivity index (χ0v) is 12.5. The van der Waals surface area contributed by atoms with Gasteiger partial charge >= 0.3 is 4.87 Å². The van der Waals surface area contributed by atoms with Crippen molar-refractivity contribution in [2.24, 2.45) is 0 Å². The third-order valence-corrected chi connectivity index (χ3v) is 6.17. The molecule has 0 aliphatic rings. The number of aromatic nitrogens is 1. The van der Waals surface area contributed by atoms with Crippen LogP contribution in [-0.4, -0.2) is 19.9 Å². The monoisotopic (exact) mass is 316 g/mol. The number of aromatic amines is 1. The fraction of sp³-hybridized carbons (Fsp3) is 0.250. The van der Waals surface area contributed by atoms with Gasteiger partial charge in [-0.15, -0.1) is 0 Å². The Morgan fingerprint density at radius 1 is 1.40 bits per heavy atom. The van der Waals surface area contributed by atoms with Crippen molar-refractivity contribution < 1.29 is 12.8 Å². The van der Waals surface area contributed by atoms with Gasteiger partial charge in [0.15, 0.2) is 4.21 Å². The molecule has 0 fully saturated rings. The topological polar surface area (TPSA) is 70.2 Å². The highest BCUT2D eigenvalue weighted by Gasteiger charge is 2.28. The molecular weight excluding hydrogens is 303 g/mol. The number of aryl methyl sites for hydroxylation is 1. The van der Waals surface area contributed by atoms with Crippen LogP contribution in [0.15, 0.2) is 33.3 Å². The van der Waals surface area contributed by atoms with E-state index in [-0.39, 0.29) is 22.1 Å². The quantitative estimate of drug-likeness (QED) is 0.939. The molecule has 2 rings (SSSR count). The molecule has 0 saturated carbocycles. The lowest BCUT2D eigenvalue weighted by atomic mass is 10.3. The summed E-state index contributed by atoms with van der Waals surface area (Å²) in [6.45, 7) is 3.30. The van der Waals surface area contributed by atoms with Crippen molar-refractivity contribution in [3.05, 3.63) is 45.4 Å². The lowest BCUT2D eigenvalue weighted by molar-refractivity contribution is 0.592. The number of hydrogen-bond acceptors (Lipinski definition) is 4. The average molecular weight is 316 g/mol. The van der Waals surface area contributed by atoms with Crippen LogP contribution in [0.3, 0.4) is 0 Å². The Balaban J connectivity index is 2.56. The Morgan fingerprint density at radius 3 is 2.60 bits per heavy atom. The molecule has 0 unspecified atom stereocenters. The Kier molecular flexibility index (Phi) is 3.96. The van der Waals surface area contributed by atoms with Crippen molar-refractivity contribution in [1.82, 2.24) is 4.98 Å². The predicted molar refractivity (Wildman–Crippen MR) is 76.3 cm³/mol. The summed E-state index contributed by atoms with van der Waals surface area (Å²) in [5.74, 6) is -0.518. The molecular formula is C12H13FN2O3S2. The lowest BCUT2D eigenvalue weighted by Crippen LogP contribution is -2.30. The molecule has 2 aromatic rings. The van der Waals surface area contributed by atoms with E-state index >= 15 is 0 Å². The zero-order valence-electron chi connectivity index (χ0n) is 10.9. The van der Waals surface area contributed by atoms with Crippen LogP contribution in [-0.2, 0) is 10.0 Å². The van der Waals surface area contributed by atoms with Crippen LogP contribution in [0.1, 0.15) is 12.6 Å². The van der Waals surface area contributed by atoms with Gasteiger partial charge in [-0.05, 0) is 32.0 Å². The number of nitrogens with zero attached hydrogens (tertiary/aromatic N) is 1. The Bertz CT molecular complexity index is 780. The smallest absolute Gasteiger partial charge is 0.306 e. The first-order chi connectivity index (χ1) is 9.36. The van der Waals surface area contributed by atoms with E-state index in [0.29, 0.717) is 11.3 Å². The summed E-state index contributed by atoms with van der Waals surface area (Å²) >= 11 is 0.629. The predicted octanol–water partition coefficient (Wildman–Crippen LogP) is 2.10. The van der Waals surface area contributed by atoms with Crippen molar-refractivity contribution in [3.8, 4) is 0 Å². The van der Waals surface area contributed by atoms with Crippen molar-refractivity contribution in [2.75, 3.05) is 10.8 Å². The minimum Gasteiger partial charge on any atom is -0.315 e. The third kappa shape index (κ3) is 2.61. The van der Waals surface area contributed by atoms with Gasteiger partial charge in [-0.2, -0.15) is 0 Å². The summed E-state index contributed by atoms with van der Waals surface area (Å²) in [7, 11) is -3.88. The molecule has 0 aliphatic carbocycles. The van der Waals surface area contributed by atoms with Gasteiger partial charge in [0.1, 0.15) is 5.82 Å². The number of sulfonamides is 1. The summed E-state index contributed by atoms with van der Waals surface area (Å²) in [5.41, 5.74) is 0.516. The summed E-state index contributed by atoms with van der Waals surface area (Å²) in [6, 6.07) is 5.33. The standard InChI is InChI=1S/C12H13FN2O3S2/c1-3-15(10-6-4-5-9(13)7-10)20(17,18)11-8(2)14-12(16)19-11/h4-7H,3H2,1-2H3,(H,14,16). The lowest BCUT2D eigenvalue weighted by Gasteiger charge is -2.22. The van der Waals surface area contributed by atoms with E-state index in [4.69, 9.17) is 0 Å². The first kappa shape index (κ1) is 14.7. The number of anilines is 1. The summed E-state index contributed by atoms with van der Waals surface area (Å²) in [4.78, 5) is 13.3. The fourth-order valence-corrected chi connectivity index (χ4v) is 4.72. The van der Waals surface area contributed by atoms with Crippen molar-refractivity contribution in [2.45, 2.75) is 18.1 Å². The second-order valence-electron chi connectivity index (χ2n) is 4.08. The second kappa shape index (κ2) is 5.37. The highest BCUT2D eigenvalue weighted by atomic mass is 32.2. The van der Waals surface area contributed by atoms with Gasteiger partial charge in [-0.3, -0.25) is 9.10 Å². The van der Waals surface area contributed by atoms with Gasteiger partial charge in [0, 0.05) is 12.2 Å². The number of H-pyrrole nitrogens is 1. The molecule has 1 N–H and O–H groups in total. The van der Waals surface area contributed by atoms with Crippen LogP contribution in [0.2, 0.25) is 0 Å². The molecule has 0 saturated heterocycles. The van der Waals surface area contributed by atoms with Gasteiger partial charge in [0.2, 0.25) is 0 Å². The first-order valence-corrected chi connectivity index (χ1v) is 8.10. The van der Waals surface area contributed by atoms with Crippen molar-refractivity contribution >= 4 is 27.0 Å². The van der Waals surface area contributed by atoms with E-state index in [1.165, 1.54) is 25.1 Å². The molecule has 108 valence electrons. The van der Waals surface area contributed by atoms with Crippen LogP contribution < -0.4 is 9.18 Å². The van der Waals surface area contributed by atoms with Gasteiger partial charge < -0.3 is 4.98 Å². The summed E-state index contributed by atoms with van der Waals surface area (Å²) in [5, 5.41) is 0. The van der Waals surface area contributed by atoms with E-state index in [1.54, 1.807) is 6.92 Å². The Hall–Kier alpha value is -1.67. The second-order valence-corrected chi connectivity index (χ2v) is 7.12. The molecule has 0 bridgehead atoms. The van der Waals surface area contributed by atoms with Gasteiger partial charge in [-0.25, -0.2) is 12.8 Å². The van der Waals surface area contributed by atoms with Gasteiger partial charge in [0.25, 0.3) is 10.0 Å². The highest BCUT2D eigenvalue weighted by Crippen LogP contribution is 2.26. The van der Waals surface area contributed by atoms with E-state index in [2.05, 4.69) is 4.98 Å². The maximum Gasteiger partial charge on any atom is 0.306 e. The molecule has 5 nitrogen and oxygen atoms in total. The van der Waals surface area contributed by atoms with Crippen LogP contribution >= 0.6 is 11.3 Å². The number of rotatable bonds is 4. The van der Waals surface area contributed by atoms with Crippen LogP contribution in [0.5, 0.6) is 0 Å². The van der Waals surface area contributed by atoms with E-state index < -0.39 is 20.7 Å². The van der Waals surface area contributed by atoms with E-state index in [1.807, 2.05) is 0 Å². The molecule has 1 aromatic carbocycles. The Labute approximate surface area is 119 Å². The normalized spacial score (nSPS) is 11.6. The zero-order chi connectivity index (χ0) is 14.9. The number of nitrogens with one attached hydrogen (secondary N) is 1. The SMILES string of the molecule is CCN(c1cccc(F)c1)S(=O)(=O)c1sc(=O)[nH]c1C. The summed E-state index contributed by atoms with van der Waals surface area (Å²) < 4.78 is 39.4. The third-order valence-electron chi connectivity index (χ3n) is 2.69. The summed E-state index contributed by atoms with van der Waals surface area (Å²) in [6.07, 6.45) is 0. The van der Waals surface area contributed by atoms with Crippen LogP contribution in [0.25, 0.3) is 0 Å². The molecule has 0 aliphatic heterocycles. The first-order valence-electron chi connectivity index (χ1n) is 5.84. The minimum absolute atomic E-state index is 0.0476. The maximum atomic E-state index is 13.3. The molecule has 0 amide bonds. The maximum absolute atomic E-state index is 13.3. The molecule has 0 spiro atoms. The molecule has 20 heavy (non-hydrogen) atoms. The largest absolute Gasteiger partial charge is 0.315 e. The average Bonchev–Trinajstić information content (AvgIpc) is 2.70. The molecule has 0 radical (unpaired) electrons. The Morgan fingerprint density at radius 2 is 2.10 bits per heavy atom. The number of thiazole rings is 1. The van der Waals surface area contributed by atoms with Gasteiger partial charge in [0.05, 0.1) is 5.69 Å². The van der Waals surface area contributed by atoms with Crippen molar-refractivity contribution in [1.29, 1.82) is 0 Å². The van der Waals surface area contributed by atoms with Crippen LogP contribution in [0.4, 0.5) is 10.1 Å². The number of halogens is 1. The molecule has 0 atom stereocenters. The van der Waals surface area contributed by atoms with E-state index in [9.17, 15) is 17.6 Å².